The minimum Gasteiger partial charge on any atom is -0.345 e. The van der Waals surface area contributed by atoms with Crippen molar-refractivity contribution in [3.63, 3.8) is 0 Å². The van der Waals surface area contributed by atoms with E-state index in [1.54, 1.807) is 0 Å². The number of hydrogen-bond acceptors (Lipinski definition) is 4. The van der Waals surface area contributed by atoms with Gasteiger partial charge in [-0.2, -0.15) is 0 Å². The summed E-state index contributed by atoms with van der Waals surface area (Å²) in [5, 5.41) is 0. The Hall–Kier alpha value is -0.420. The molecule has 3 nitrogen and oxygen atoms in total. The van der Waals surface area contributed by atoms with Crippen molar-refractivity contribution < 1.29 is 3.85 Å². The van der Waals surface area contributed by atoms with Crippen molar-refractivity contribution in [1.82, 2.24) is 4.57 Å². The summed E-state index contributed by atoms with van der Waals surface area (Å²) in [6.07, 6.45) is 0. The lowest BCUT2D eigenvalue weighted by Gasteiger charge is -1.85. The Morgan fingerprint density at radius 1 is 1.89 bits per heavy atom. The lowest BCUT2D eigenvalue weighted by Crippen LogP contribution is -2.12. The number of hydrogen-bond donors (Lipinski definition) is 0. The van der Waals surface area contributed by atoms with E-state index in [0.717, 1.165) is 11.6 Å². The molecule has 0 saturated heterocycles. The zero-order valence-corrected chi connectivity index (χ0v) is 6.42. The van der Waals surface area contributed by atoms with Gasteiger partial charge in [0.2, 0.25) is 3.95 Å². The molecule has 0 bridgehead atoms. The molecule has 0 amide bonds. The van der Waals surface area contributed by atoms with Gasteiger partial charge in [0.05, 0.1) is 11.6 Å². The molecule has 0 fully saturated rings. The highest BCUT2D eigenvalue weighted by Gasteiger charge is 1.97. The summed E-state index contributed by atoms with van der Waals surface area (Å²) in [4.78, 5) is 10.6. The molecule has 0 aliphatic carbocycles. The Bertz CT molecular complexity index is 267. The highest BCUT2D eigenvalue weighted by Crippen LogP contribution is 1.95. The third-order valence-corrected chi connectivity index (χ3v) is 1.95. The molecule has 0 radical (unpaired) electrons. The summed E-state index contributed by atoms with van der Waals surface area (Å²) < 4.78 is 6.44. The zero-order chi connectivity index (χ0) is 6.85. The van der Waals surface area contributed by atoms with E-state index in [4.69, 9.17) is 12.2 Å². The maximum absolute atomic E-state index is 10.6. The summed E-state index contributed by atoms with van der Waals surface area (Å²) in [5.41, 5.74) is 0. The summed E-state index contributed by atoms with van der Waals surface area (Å²) in [5.74, 6) is -0.354. The van der Waals surface area contributed by atoms with Gasteiger partial charge in [-0.05, 0) is 19.1 Å². The Morgan fingerprint density at radius 3 is 2.78 bits per heavy atom. The third-order valence-electron chi connectivity index (χ3n) is 0.941. The highest BCUT2D eigenvalue weighted by atomic mass is 32.2. The molecule has 0 spiro atoms. The summed E-state index contributed by atoms with van der Waals surface area (Å²) in [6, 6.07) is 0. The smallest absolute Gasteiger partial charge is 0.345 e. The molecule has 50 valence electrons. The van der Waals surface area contributed by atoms with Gasteiger partial charge in [0.15, 0.2) is 0 Å². The van der Waals surface area contributed by atoms with Crippen LogP contribution in [-0.2, 0) is 6.54 Å². The molecule has 1 rings (SSSR count). The van der Waals surface area contributed by atoms with Crippen molar-refractivity contribution in [3.05, 3.63) is 14.5 Å². The first-order chi connectivity index (χ1) is 4.25. The quantitative estimate of drug-likeness (QED) is 0.584. The van der Waals surface area contributed by atoms with Crippen LogP contribution in [0.3, 0.4) is 0 Å². The Morgan fingerprint density at radius 2 is 2.56 bits per heavy atom. The molecule has 1 aromatic rings. The molecular weight excluding hydrogens is 158 g/mol. The van der Waals surface area contributed by atoms with Gasteiger partial charge in [-0.15, -0.1) is 0 Å². The van der Waals surface area contributed by atoms with Gasteiger partial charge < -0.3 is 3.85 Å². The molecule has 0 aromatic carbocycles. The predicted octanol–water partition coefficient (Wildman–Crippen LogP) is 1.25. The van der Waals surface area contributed by atoms with Crippen molar-refractivity contribution in [2.24, 2.45) is 0 Å². The fourth-order valence-electron chi connectivity index (χ4n) is 0.494. The molecule has 5 heteroatoms. The van der Waals surface area contributed by atoms with E-state index in [1.165, 1.54) is 4.57 Å². The van der Waals surface area contributed by atoms with Crippen LogP contribution in [0.4, 0.5) is 0 Å². The molecule has 0 aliphatic rings. The second kappa shape index (κ2) is 2.45. The van der Waals surface area contributed by atoms with Crippen LogP contribution < -0.4 is 5.76 Å². The first-order valence-corrected chi connectivity index (χ1v) is 3.60. The van der Waals surface area contributed by atoms with Crippen LogP contribution in [-0.4, -0.2) is 4.57 Å². The first kappa shape index (κ1) is 6.70. The zero-order valence-electron chi connectivity index (χ0n) is 4.79. The molecule has 1 heterocycles. The molecule has 0 N–H and O–H groups in total. The number of aromatic nitrogens is 1. The van der Waals surface area contributed by atoms with Crippen molar-refractivity contribution in [2.45, 2.75) is 13.5 Å². The maximum atomic E-state index is 10.6. The number of nitrogens with zero attached hydrogens (tertiary/aromatic N) is 1. The SMILES string of the molecule is CCn1c(=O)osc1=S. The van der Waals surface area contributed by atoms with E-state index in [0.29, 0.717) is 10.5 Å². The Kier molecular flexibility index (Phi) is 1.82. The Labute approximate surface area is 60.8 Å². The van der Waals surface area contributed by atoms with E-state index in [1.807, 2.05) is 6.92 Å². The molecule has 0 unspecified atom stereocenters. The van der Waals surface area contributed by atoms with Crippen molar-refractivity contribution in [3.8, 4) is 0 Å². The van der Waals surface area contributed by atoms with Gasteiger partial charge in [-0.25, -0.2) is 4.79 Å². The standard InChI is InChI=1S/C4H5NO2S2/c1-2-5-3(6)7-9-4(5)8/h2H2,1H3. The van der Waals surface area contributed by atoms with E-state index in [-0.39, 0.29) is 5.76 Å². The van der Waals surface area contributed by atoms with Crippen LogP contribution in [0, 0.1) is 3.95 Å². The van der Waals surface area contributed by atoms with Crippen LogP contribution in [0.1, 0.15) is 6.92 Å². The predicted molar refractivity (Wildman–Crippen MR) is 37.4 cm³/mol. The number of rotatable bonds is 1. The van der Waals surface area contributed by atoms with Gasteiger partial charge >= 0.3 is 5.76 Å². The molecule has 0 saturated carbocycles. The average molecular weight is 163 g/mol. The van der Waals surface area contributed by atoms with E-state index in [9.17, 15) is 4.79 Å². The minimum absolute atomic E-state index is 0.354. The first-order valence-electron chi connectivity index (χ1n) is 2.45. The molecule has 9 heavy (non-hydrogen) atoms. The van der Waals surface area contributed by atoms with Crippen LogP contribution in [0.25, 0.3) is 0 Å². The van der Waals surface area contributed by atoms with Crippen LogP contribution in [0.15, 0.2) is 8.64 Å². The lowest BCUT2D eigenvalue weighted by atomic mass is 10.7. The second-order valence-electron chi connectivity index (χ2n) is 1.44. The molecule has 0 aliphatic heterocycles. The van der Waals surface area contributed by atoms with Gasteiger partial charge in [0, 0.05) is 6.54 Å². The summed E-state index contributed by atoms with van der Waals surface area (Å²) in [7, 11) is 0. The van der Waals surface area contributed by atoms with Crippen LogP contribution >= 0.6 is 23.9 Å². The van der Waals surface area contributed by atoms with Gasteiger partial charge in [-0.1, -0.05) is 0 Å². The second-order valence-corrected chi connectivity index (χ2v) is 2.81. The topological polar surface area (TPSA) is 35.1 Å². The highest BCUT2D eigenvalue weighted by molar-refractivity contribution is 7.73. The maximum Gasteiger partial charge on any atom is 0.432 e. The third kappa shape index (κ3) is 1.11. The molecule has 0 atom stereocenters. The van der Waals surface area contributed by atoms with Gasteiger partial charge in [0.1, 0.15) is 0 Å². The van der Waals surface area contributed by atoms with Crippen LogP contribution in [0.2, 0.25) is 0 Å². The average Bonchev–Trinajstić information content (AvgIpc) is 2.12. The Balaban J connectivity index is 3.41. The minimum atomic E-state index is -0.354. The van der Waals surface area contributed by atoms with Gasteiger partial charge in [0.25, 0.3) is 0 Å². The van der Waals surface area contributed by atoms with E-state index in [2.05, 4.69) is 3.85 Å². The fourth-order valence-corrected chi connectivity index (χ4v) is 1.33. The normalized spacial score (nSPS) is 9.89. The van der Waals surface area contributed by atoms with Crippen LogP contribution in [0.5, 0.6) is 0 Å². The van der Waals surface area contributed by atoms with Crippen molar-refractivity contribution >= 4 is 23.9 Å². The fraction of sp³-hybridized carbons (Fsp3) is 0.500. The monoisotopic (exact) mass is 163 g/mol. The van der Waals surface area contributed by atoms with Crippen molar-refractivity contribution in [2.75, 3.05) is 0 Å². The lowest BCUT2D eigenvalue weighted by molar-refractivity contribution is 0.547. The van der Waals surface area contributed by atoms with E-state index < -0.39 is 0 Å². The summed E-state index contributed by atoms with van der Waals surface area (Å²) >= 11 is 5.71. The van der Waals surface area contributed by atoms with Gasteiger partial charge in [-0.3, -0.25) is 4.57 Å². The molecular formula is C4H5NO2S2. The molecule has 1 aromatic heterocycles. The largest absolute Gasteiger partial charge is 0.432 e. The summed E-state index contributed by atoms with van der Waals surface area (Å²) in [6.45, 7) is 2.43. The van der Waals surface area contributed by atoms with Crippen molar-refractivity contribution in [1.29, 1.82) is 0 Å². The van der Waals surface area contributed by atoms with E-state index >= 15 is 0 Å².